The number of rotatable bonds is 3. The van der Waals surface area contributed by atoms with Gasteiger partial charge in [-0.3, -0.25) is 0 Å². The Bertz CT molecular complexity index is 580. The lowest BCUT2D eigenvalue weighted by molar-refractivity contribution is -0.136. The second-order valence-electron chi connectivity index (χ2n) is 3.89. The van der Waals surface area contributed by atoms with Crippen molar-refractivity contribution >= 4 is 11.4 Å². The minimum Gasteiger partial charge on any atom is -0.399 e. The number of anilines is 2. The summed E-state index contributed by atoms with van der Waals surface area (Å²) in [5.41, 5.74) is 4.51. The van der Waals surface area contributed by atoms with Crippen LogP contribution >= 0.6 is 0 Å². The van der Waals surface area contributed by atoms with E-state index in [0.717, 1.165) is 6.07 Å². The molecule has 0 radical (unpaired) electrons. The van der Waals surface area contributed by atoms with Gasteiger partial charge in [-0.15, -0.1) is 0 Å². The van der Waals surface area contributed by atoms with Crippen LogP contribution in [0.2, 0.25) is 0 Å². The molecule has 5 nitrogen and oxygen atoms in total. The van der Waals surface area contributed by atoms with Crippen LogP contribution in [-0.4, -0.2) is 10.1 Å². The van der Waals surface area contributed by atoms with Crippen molar-refractivity contribution in [1.29, 1.82) is 0 Å². The Morgan fingerprint density at radius 2 is 2.11 bits per heavy atom. The smallest absolute Gasteiger partial charge is 0.399 e. The molecule has 2 aromatic rings. The SMILES string of the molecule is Cc1nc(CNc2ccc(N)cc2C(F)(F)F)no1. The third-order valence-corrected chi connectivity index (χ3v) is 2.36. The van der Waals surface area contributed by atoms with Crippen LogP contribution in [0.25, 0.3) is 0 Å². The zero-order chi connectivity index (χ0) is 14.0. The molecule has 0 amide bonds. The van der Waals surface area contributed by atoms with Crippen molar-refractivity contribution in [3.8, 4) is 0 Å². The standard InChI is InChI=1S/C11H11F3N4O/c1-6-17-10(18-19-6)5-16-9-3-2-7(15)4-8(9)11(12,13)14/h2-4,16H,5,15H2,1H3. The number of nitrogens with two attached hydrogens (primary N) is 1. The van der Waals surface area contributed by atoms with E-state index >= 15 is 0 Å². The van der Waals surface area contributed by atoms with Gasteiger partial charge in [0.1, 0.15) is 0 Å². The monoisotopic (exact) mass is 272 g/mol. The van der Waals surface area contributed by atoms with Gasteiger partial charge in [0.25, 0.3) is 0 Å². The summed E-state index contributed by atoms with van der Waals surface area (Å²) in [5.74, 6) is 0.632. The topological polar surface area (TPSA) is 77.0 Å². The van der Waals surface area contributed by atoms with Gasteiger partial charge in [0.15, 0.2) is 5.82 Å². The van der Waals surface area contributed by atoms with E-state index in [-0.39, 0.29) is 23.7 Å². The highest BCUT2D eigenvalue weighted by atomic mass is 19.4. The van der Waals surface area contributed by atoms with E-state index in [9.17, 15) is 13.2 Å². The molecular weight excluding hydrogens is 261 g/mol. The Kier molecular flexibility index (Phi) is 3.32. The van der Waals surface area contributed by atoms with E-state index in [1.54, 1.807) is 6.92 Å². The molecule has 8 heteroatoms. The maximum absolute atomic E-state index is 12.8. The van der Waals surface area contributed by atoms with E-state index in [0.29, 0.717) is 5.89 Å². The van der Waals surface area contributed by atoms with Crippen LogP contribution in [0, 0.1) is 6.92 Å². The molecule has 3 N–H and O–H groups in total. The number of alkyl halides is 3. The molecule has 0 aliphatic rings. The predicted octanol–water partition coefficient (Wildman–Crippen LogP) is 2.59. The second-order valence-corrected chi connectivity index (χ2v) is 3.89. The number of benzene rings is 1. The quantitative estimate of drug-likeness (QED) is 0.840. The van der Waals surface area contributed by atoms with Crippen LogP contribution in [0.4, 0.5) is 24.5 Å². The number of hydrogen-bond acceptors (Lipinski definition) is 5. The lowest BCUT2D eigenvalue weighted by atomic mass is 10.1. The first kappa shape index (κ1) is 13.2. The van der Waals surface area contributed by atoms with E-state index in [1.165, 1.54) is 12.1 Å². The average molecular weight is 272 g/mol. The van der Waals surface area contributed by atoms with Crippen molar-refractivity contribution in [1.82, 2.24) is 10.1 Å². The number of nitrogens with one attached hydrogen (secondary N) is 1. The van der Waals surface area contributed by atoms with Crippen molar-refractivity contribution in [2.75, 3.05) is 11.1 Å². The van der Waals surface area contributed by atoms with Crippen molar-refractivity contribution in [2.24, 2.45) is 0 Å². The lowest BCUT2D eigenvalue weighted by Gasteiger charge is -2.14. The molecular formula is C11H11F3N4O. The molecule has 0 saturated carbocycles. The highest BCUT2D eigenvalue weighted by Crippen LogP contribution is 2.36. The fourth-order valence-electron chi connectivity index (χ4n) is 1.54. The summed E-state index contributed by atoms with van der Waals surface area (Å²) < 4.78 is 43.2. The number of nitrogens with zero attached hydrogens (tertiary/aromatic N) is 2. The minimum atomic E-state index is -4.48. The van der Waals surface area contributed by atoms with Crippen LogP contribution in [-0.2, 0) is 12.7 Å². The van der Waals surface area contributed by atoms with Crippen LogP contribution in [0.5, 0.6) is 0 Å². The maximum atomic E-state index is 12.8. The van der Waals surface area contributed by atoms with Crippen LogP contribution in [0.3, 0.4) is 0 Å². The van der Waals surface area contributed by atoms with Crippen molar-refractivity contribution in [2.45, 2.75) is 19.6 Å². The lowest BCUT2D eigenvalue weighted by Crippen LogP contribution is -2.12. The molecule has 102 valence electrons. The number of nitrogen functional groups attached to an aromatic ring is 1. The summed E-state index contributed by atoms with van der Waals surface area (Å²) >= 11 is 0. The molecule has 0 spiro atoms. The molecule has 1 heterocycles. The normalized spacial score (nSPS) is 11.6. The Labute approximate surface area is 106 Å². The largest absolute Gasteiger partial charge is 0.418 e. The first-order chi connectivity index (χ1) is 8.86. The predicted molar refractivity (Wildman–Crippen MR) is 62.2 cm³/mol. The van der Waals surface area contributed by atoms with E-state index < -0.39 is 11.7 Å². The van der Waals surface area contributed by atoms with Gasteiger partial charge in [0.2, 0.25) is 5.89 Å². The number of halogens is 3. The van der Waals surface area contributed by atoms with Gasteiger partial charge in [0.05, 0.1) is 12.1 Å². The number of aryl methyl sites for hydroxylation is 1. The molecule has 1 aromatic heterocycles. The molecule has 1 aromatic carbocycles. The van der Waals surface area contributed by atoms with Gasteiger partial charge < -0.3 is 15.6 Å². The van der Waals surface area contributed by atoms with Gasteiger partial charge >= 0.3 is 6.18 Å². The van der Waals surface area contributed by atoms with Crippen LogP contribution < -0.4 is 11.1 Å². The Hall–Kier alpha value is -2.25. The summed E-state index contributed by atoms with van der Waals surface area (Å²) in [6.07, 6.45) is -4.48. The minimum absolute atomic E-state index is 0.0321. The zero-order valence-electron chi connectivity index (χ0n) is 9.95. The van der Waals surface area contributed by atoms with Crippen LogP contribution in [0.1, 0.15) is 17.3 Å². The van der Waals surface area contributed by atoms with E-state index in [4.69, 9.17) is 10.3 Å². The molecule has 0 aliphatic carbocycles. The van der Waals surface area contributed by atoms with Gasteiger partial charge in [-0.2, -0.15) is 18.2 Å². The Morgan fingerprint density at radius 3 is 2.68 bits per heavy atom. The van der Waals surface area contributed by atoms with E-state index in [1.807, 2.05) is 0 Å². The fraction of sp³-hybridized carbons (Fsp3) is 0.273. The van der Waals surface area contributed by atoms with Gasteiger partial charge in [-0.05, 0) is 18.2 Å². The van der Waals surface area contributed by atoms with Crippen molar-refractivity contribution < 1.29 is 17.7 Å². The first-order valence-corrected chi connectivity index (χ1v) is 5.36. The Balaban J connectivity index is 2.20. The molecule has 0 saturated heterocycles. The van der Waals surface area contributed by atoms with Crippen molar-refractivity contribution in [3.05, 3.63) is 35.5 Å². The zero-order valence-corrected chi connectivity index (χ0v) is 9.95. The molecule has 2 rings (SSSR count). The average Bonchev–Trinajstić information content (AvgIpc) is 2.72. The summed E-state index contributed by atoms with van der Waals surface area (Å²) in [4.78, 5) is 3.89. The highest BCUT2D eigenvalue weighted by Gasteiger charge is 2.33. The maximum Gasteiger partial charge on any atom is 0.418 e. The molecule has 19 heavy (non-hydrogen) atoms. The fourth-order valence-corrected chi connectivity index (χ4v) is 1.54. The molecule has 0 aliphatic heterocycles. The third-order valence-electron chi connectivity index (χ3n) is 2.36. The molecule has 0 atom stereocenters. The number of hydrogen-bond donors (Lipinski definition) is 2. The van der Waals surface area contributed by atoms with Crippen molar-refractivity contribution in [3.63, 3.8) is 0 Å². The Morgan fingerprint density at radius 1 is 1.37 bits per heavy atom. The summed E-state index contributed by atoms with van der Waals surface area (Å²) in [6.45, 7) is 1.63. The first-order valence-electron chi connectivity index (χ1n) is 5.36. The van der Waals surface area contributed by atoms with Gasteiger partial charge in [-0.1, -0.05) is 5.16 Å². The number of aromatic nitrogens is 2. The van der Waals surface area contributed by atoms with Crippen LogP contribution in [0.15, 0.2) is 22.7 Å². The summed E-state index contributed by atoms with van der Waals surface area (Å²) in [6, 6.07) is 3.54. The summed E-state index contributed by atoms with van der Waals surface area (Å²) in [5, 5.41) is 6.20. The highest BCUT2D eigenvalue weighted by molar-refractivity contribution is 5.59. The van der Waals surface area contributed by atoms with E-state index in [2.05, 4.69) is 15.5 Å². The molecule has 0 unspecified atom stereocenters. The third kappa shape index (κ3) is 3.15. The summed E-state index contributed by atoms with van der Waals surface area (Å²) in [7, 11) is 0. The molecule has 0 fully saturated rings. The van der Waals surface area contributed by atoms with Gasteiger partial charge in [0, 0.05) is 18.3 Å². The molecule has 0 bridgehead atoms. The van der Waals surface area contributed by atoms with Gasteiger partial charge in [-0.25, -0.2) is 0 Å². The second kappa shape index (κ2) is 4.79.